The minimum atomic E-state index is -4.03. The van der Waals surface area contributed by atoms with Crippen LogP contribution in [0.5, 0.6) is 5.75 Å². The van der Waals surface area contributed by atoms with Crippen LogP contribution in [-0.2, 0) is 21.2 Å². The molecule has 1 N–H and O–H groups in total. The highest BCUT2D eigenvalue weighted by atomic mass is 32.2. The zero-order valence-corrected chi connectivity index (χ0v) is 22.7. The van der Waals surface area contributed by atoms with Gasteiger partial charge in [0.1, 0.15) is 16.7 Å². The number of hydrogen-bond donors (Lipinski definition) is 1. The smallest absolute Gasteiger partial charge is 0.244 e. The molecule has 3 aromatic carbocycles. The molecule has 3 aromatic rings. The summed E-state index contributed by atoms with van der Waals surface area (Å²) in [4.78, 5) is 17.8. The lowest BCUT2D eigenvalue weighted by molar-refractivity contribution is -0.133. The lowest BCUT2D eigenvalue weighted by Gasteiger charge is -2.38. The first kappa shape index (κ1) is 26.7. The summed E-state index contributed by atoms with van der Waals surface area (Å²) in [6.07, 6.45) is 0.254. The minimum absolute atomic E-state index is 0.0283. The topological polar surface area (TPSA) is 78.9 Å². The number of carbonyl (C=O) groups excluding carboxylic acids is 1. The minimum Gasteiger partial charge on any atom is -0.495 e. The molecule has 8 heteroatoms. The molecule has 0 bridgehead atoms. The van der Waals surface area contributed by atoms with E-state index >= 15 is 0 Å². The predicted molar refractivity (Wildman–Crippen MR) is 147 cm³/mol. The van der Waals surface area contributed by atoms with Crippen molar-refractivity contribution in [1.29, 1.82) is 0 Å². The molecule has 0 saturated carbocycles. The van der Waals surface area contributed by atoms with Gasteiger partial charge in [-0.25, -0.2) is 8.42 Å². The lowest BCUT2D eigenvalue weighted by atomic mass is 10.0. The number of piperazine rings is 1. The SMILES string of the molecule is COc1ccc(C)cc1S(=O)(=O)N[C@@H](Cc1ccccc1)C(=O)N1CCN(c2cccc(C)c2C)CC1. The van der Waals surface area contributed by atoms with Gasteiger partial charge < -0.3 is 14.5 Å². The van der Waals surface area contributed by atoms with E-state index in [1.807, 2.05) is 37.3 Å². The van der Waals surface area contributed by atoms with Crippen LogP contribution in [0.25, 0.3) is 0 Å². The van der Waals surface area contributed by atoms with Crippen molar-refractivity contribution in [2.45, 2.75) is 38.1 Å². The first-order valence-corrected chi connectivity index (χ1v) is 14.0. The summed E-state index contributed by atoms with van der Waals surface area (Å²) in [7, 11) is -2.59. The largest absolute Gasteiger partial charge is 0.495 e. The Morgan fingerprint density at radius 2 is 1.65 bits per heavy atom. The van der Waals surface area contributed by atoms with Crippen LogP contribution in [0, 0.1) is 20.8 Å². The van der Waals surface area contributed by atoms with Crippen molar-refractivity contribution in [3.63, 3.8) is 0 Å². The molecule has 37 heavy (non-hydrogen) atoms. The number of amides is 1. The van der Waals surface area contributed by atoms with Crippen molar-refractivity contribution in [2.24, 2.45) is 0 Å². The van der Waals surface area contributed by atoms with Crippen molar-refractivity contribution in [3.8, 4) is 5.75 Å². The molecule has 1 aliphatic heterocycles. The van der Waals surface area contributed by atoms with E-state index in [4.69, 9.17) is 4.74 Å². The van der Waals surface area contributed by atoms with E-state index in [0.29, 0.717) is 26.2 Å². The number of benzene rings is 3. The number of nitrogens with zero attached hydrogens (tertiary/aromatic N) is 2. The molecule has 0 radical (unpaired) electrons. The molecule has 1 aliphatic rings. The fraction of sp³-hybridized carbons (Fsp3) is 0.345. The summed E-state index contributed by atoms with van der Waals surface area (Å²) in [6, 6.07) is 19.8. The third-order valence-electron chi connectivity index (χ3n) is 6.99. The number of methoxy groups -OCH3 is 1. The number of rotatable bonds is 8. The number of nitrogens with one attached hydrogen (secondary N) is 1. The van der Waals surface area contributed by atoms with Crippen LogP contribution < -0.4 is 14.4 Å². The van der Waals surface area contributed by atoms with Crippen LogP contribution in [0.3, 0.4) is 0 Å². The van der Waals surface area contributed by atoms with Gasteiger partial charge in [-0.15, -0.1) is 0 Å². The first-order chi connectivity index (χ1) is 17.7. The third kappa shape index (κ3) is 6.14. The average Bonchev–Trinajstić information content (AvgIpc) is 2.90. The van der Waals surface area contributed by atoms with Crippen molar-refractivity contribution < 1.29 is 17.9 Å². The van der Waals surface area contributed by atoms with Gasteiger partial charge in [0, 0.05) is 31.9 Å². The van der Waals surface area contributed by atoms with E-state index in [-0.39, 0.29) is 23.0 Å². The number of hydrogen-bond acceptors (Lipinski definition) is 5. The molecular weight excluding hydrogens is 486 g/mol. The Hall–Kier alpha value is -3.36. The summed E-state index contributed by atoms with van der Waals surface area (Å²) < 4.78 is 35.0. The van der Waals surface area contributed by atoms with E-state index in [2.05, 4.69) is 41.7 Å². The van der Waals surface area contributed by atoms with Crippen LogP contribution in [0.4, 0.5) is 5.69 Å². The van der Waals surface area contributed by atoms with Gasteiger partial charge >= 0.3 is 0 Å². The van der Waals surface area contributed by atoms with Crippen LogP contribution in [0.15, 0.2) is 71.6 Å². The van der Waals surface area contributed by atoms with Crippen molar-refractivity contribution >= 4 is 21.6 Å². The third-order valence-corrected chi connectivity index (χ3v) is 8.49. The normalized spacial score (nSPS) is 14.9. The number of aryl methyl sites for hydroxylation is 2. The molecule has 0 spiro atoms. The van der Waals surface area contributed by atoms with Crippen molar-refractivity contribution in [3.05, 3.63) is 89.0 Å². The van der Waals surface area contributed by atoms with Crippen LogP contribution >= 0.6 is 0 Å². The van der Waals surface area contributed by atoms with Crippen molar-refractivity contribution in [1.82, 2.24) is 9.62 Å². The predicted octanol–water partition coefficient (Wildman–Crippen LogP) is 3.86. The van der Waals surface area contributed by atoms with E-state index < -0.39 is 16.1 Å². The molecule has 1 fully saturated rings. The fourth-order valence-electron chi connectivity index (χ4n) is 4.74. The molecule has 196 valence electrons. The zero-order chi connectivity index (χ0) is 26.6. The van der Waals surface area contributed by atoms with E-state index in [1.165, 1.54) is 23.9 Å². The summed E-state index contributed by atoms with van der Waals surface area (Å²) >= 11 is 0. The van der Waals surface area contributed by atoms with Gasteiger partial charge in [0.2, 0.25) is 15.9 Å². The summed E-state index contributed by atoms with van der Waals surface area (Å²) in [6.45, 7) is 8.45. The highest BCUT2D eigenvalue weighted by Gasteiger charge is 2.32. The first-order valence-electron chi connectivity index (χ1n) is 12.5. The summed E-state index contributed by atoms with van der Waals surface area (Å²) in [5, 5.41) is 0. The van der Waals surface area contributed by atoms with Gasteiger partial charge in [-0.1, -0.05) is 48.5 Å². The maximum Gasteiger partial charge on any atom is 0.244 e. The molecule has 1 heterocycles. The summed E-state index contributed by atoms with van der Waals surface area (Å²) in [5.74, 6) is 0.0193. The Kier molecular flexibility index (Phi) is 8.19. The lowest BCUT2D eigenvalue weighted by Crippen LogP contribution is -2.55. The van der Waals surface area contributed by atoms with E-state index in [9.17, 15) is 13.2 Å². The fourth-order valence-corrected chi connectivity index (χ4v) is 6.18. The Labute approximate surface area is 220 Å². The van der Waals surface area contributed by atoms with Crippen LogP contribution in [0.2, 0.25) is 0 Å². The second kappa shape index (κ2) is 11.4. The van der Waals surface area contributed by atoms with Gasteiger partial charge in [-0.05, 0) is 67.6 Å². The molecule has 0 unspecified atom stereocenters. The maximum atomic E-state index is 13.7. The molecular formula is C29H35N3O4S. The number of anilines is 1. The molecule has 1 atom stereocenters. The van der Waals surface area contributed by atoms with Crippen LogP contribution in [-0.4, -0.2) is 58.6 Å². The standard InChI is InChI=1S/C29H35N3O4S/c1-21-13-14-27(36-4)28(19-21)37(34,35)30-25(20-24-10-6-5-7-11-24)29(33)32-17-15-31(16-18-32)26-12-8-9-22(2)23(26)3/h5-14,19,25,30H,15-18,20H2,1-4H3/t25-/m0/s1. The van der Waals surface area contributed by atoms with Gasteiger partial charge in [0.25, 0.3) is 0 Å². The molecule has 1 saturated heterocycles. The second-order valence-electron chi connectivity index (χ2n) is 9.55. The molecule has 0 aliphatic carbocycles. The van der Waals surface area contributed by atoms with Crippen molar-refractivity contribution in [2.75, 3.05) is 38.2 Å². The van der Waals surface area contributed by atoms with Gasteiger partial charge in [-0.2, -0.15) is 4.72 Å². The number of carbonyl (C=O) groups is 1. The van der Waals surface area contributed by atoms with Gasteiger partial charge in [0.15, 0.2) is 0 Å². The Bertz CT molecular complexity index is 1350. The molecule has 4 rings (SSSR count). The van der Waals surface area contributed by atoms with Crippen LogP contribution in [0.1, 0.15) is 22.3 Å². The Balaban J connectivity index is 1.56. The Morgan fingerprint density at radius 3 is 2.32 bits per heavy atom. The number of sulfonamides is 1. The molecule has 1 amide bonds. The average molecular weight is 522 g/mol. The number of ether oxygens (including phenoxy) is 1. The van der Waals surface area contributed by atoms with E-state index in [1.54, 1.807) is 23.1 Å². The van der Waals surface area contributed by atoms with Gasteiger partial charge in [-0.3, -0.25) is 4.79 Å². The zero-order valence-electron chi connectivity index (χ0n) is 21.9. The second-order valence-corrected chi connectivity index (χ2v) is 11.2. The highest BCUT2D eigenvalue weighted by molar-refractivity contribution is 7.89. The van der Waals surface area contributed by atoms with E-state index in [0.717, 1.165) is 11.1 Å². The van der Waals surface area contributed by atoms with Gasteiger partial charge in [0.05, 0.1) is 7.11 Å². The Morgan fingerprint density at radius 1 is 0.946 bits per heavy atom. The highest BCUT2D eigenvalue weighted by Crippen LogP contribution is 2.26. The monoisotopic (exact) mass is 521 g/mol. The maximum absolute atomic E-state index is 13.7. The quantitative estimate of drug-likeness (QED) is 0.487. The summed E-state index contributed by atoms with van der Waals surface area (Å²) in [5.41, 5.74) is 5.33. The molecule has 7 nitrogen and oxygen atoms in total. The molecule has 0 aromatic heterocycles.